The average Bonchev–Trinajstić information content (AvgIpc) is 2.90. The summed E-state index contributed by atoms with van der Waals surface area (Å²) in [5.41, 5.74) is -0.0749. The van der Waals surface area contributed by atoms with Crippen molar-refractivity contribution in [3.8, 4) is 5.75 Å². The van der Waals surface area contributed by atoms with Gasteiger partial charge in [0, 0.05) is 0 Å². The van der Waals surface area contributed by atoms with Crippen molar-refractivity contribution in [1.29, 1.82) is 0 Å². The number of hydrogen-bond acceptors (Lipinski definition) is 3. The Kier molecular flexibility index (Phi) is 4.95. The van der Waals surface area contributed by atoms with Crippen LogP contribution in [0.3, 0.4) is 0 Å². The van der Waals surface area contributed by atoms with Gasteiger partial charge in [-0.05, 0) is 37.0 Å². The predicted molar refractivity (Wildman–Crippen MR) is 73.3 cm³/mol. The Hall–Kier alpha value is -1.76. The van der Waals surface area contributed by atoms with Gasteiger partial charge in [-0.3, -0.25) is 4.79 Å². The van der Waals surface area contributed by atoms with Gasteiger partial charge >= 0.3 is 6.18 Å². The molecule has 1 aliphatic rings. The molecule has 0 spiro atoms. The van der Waals surface area contributed by atoms with Gasteiger partial charge in [-0.15, -0.1) is 0 Å². The van der Waals surface area contributed by atoms with Crippen molar-refractivity contribution in [2.24, 2.45) is 5.92 Å². The molecule has 7 heteroatoms. The summed E-state index contributed by atoms with van der Waals surface area (Å²) in [6.07, 6.45) is -4.01. The first-order chi connectivity index (χ1) is 10.3. The summed E-state index contributed by atoms with van der Waals surface area (Å²) in [7, 11) is 1.42. The third-order valence-electron chi connectivity index (χ3n) is 3.88. The number of benzene rings is 1. The average molecular weight is 317 g/mol. The molecule has 0 heterocycles. The van der Waals surface area contributed by atoms with Crippen LogP contribution in [0.5, 0.6) is 5.75 Å². The number of alkyl halides is 3. The number of rotatable bonds is 4. The molecule has 2 rings (SSSR count). The van der Waals surface area contributed by atoms with Crippen molar-refractivity contribution < 1.29 is 27.8 Å². The number of methoxy groups -OCH3 is 1. The molecule has 1 aromatic rings. The molecule has 122 valence electrons. The smallest absolute Gasteiger partial charge is 0.412 e. The van der Waals surface area contributed by atoms with Gasteiger partial charge in [0.15, 0.2) is 6.04 Å². The zero-order valence-corrected chi connectivity index (χ0v) is 12.1. The zero-order chi connectivity index (χ0) is 16.3. The van der Waals surface area contributed by atoms with Gasteiger partial charge in [-0.1, -0.05) is 12.1 Å². The highest BCUT2D eigenvalue weighted by molar-refractivity contribution is 5.80. The van der Waals surface area contributed by atoms with Gasteiger partial charge in [-0.25, -0.2) is 0 Å². The minimum atomic E-state index is -4.62. The molecule has 0 aromatic heterocycles. The molecule has 0 radical (unpaired) electrons. The molecule has 3 atom stereocenters. The highest BCUT2D eigenvalue weighted by Crippen LogP contribution is 2.35. The maximum Gasteiger partial charge on any atom is 0.412 e. The summed E-state index contributed by atoms with van der Waals surface area (Å²) in [6.45, 7) is 0. The number of aliphatic hydroxyl groups is 1. The number of aliphatic hydroxyl groups excluding tert-OH is 1. The van der Waals surface area contributed by atoms with Crippen molar-refractivity contribution in [3.05, 3.63) is 29.8 Å². The summed E-state index contributed by atoms with van der Waals surface area (Å²) in [5.74, 6) is -1.10. The molecule has 1 aliphatic carbocycles. The molecular formula is C15H18F3NO3. The van der Waals surface area contributed by atoms with E-state index in [1.807, 2.05) is 5.32 Å². The van der Waals surface area contributed by atoms with Crippen molar-refractivity contribution in [2.75, 3.05) is 7.11 Å². The third-order valence-corrected chi connectivity index (χ3v) is 3.88. The van der Waals surface area contributed by atoms with E-state index in [-0.39, 0.29) is 5.56 Å². The van der Waals surface area contributed by atoms with E-state index < -0.39 is 30.1 Å². The number of amides is 1. The molecule has 1 fully saturated rings. The van der Waals surface area contributed by atoms with E-state index >= 15 is 0 Å². The normalized spacial score (nSPS) is 23.1. The molecule has 1 saturated carbocycles. The number of hydrogen-bond donors (Lipinski definition) is 2. The molecule has 2 N–H and O–H groups in total. The molecule has 1 aromatic carbocycles. The second-order valence-corrected chi connectivity index (χ2v) is 5.36. The summed E-state index contributed by atoms with van der Waals surface area (Å²) < 4.78 is 44.6. The van der Waals surface area contributed by atoms with Crippen LogP contribution < -0.4 is 10.1 Å². The van der Waals surface area contributed by atoms with Gasteiger partial charge in [0.2, 0.25) is 5.91 Å². The summed E-state index contributed by atoms with van der Waals surface area (Å²) in [6, 6.07) is 3.25. The number of carbonyl (C=O) groups is 1. The number of nitrogens with one attached hydrogen (secondary N) is 1. The highest BCUT2D eigenvalue weighted by Gasteiger charge is 2.43. The van der Waals surface area contributed by atoms with Gasteiger partial charge < -0.3 is 15.2 Å². The molecular weight excluding hydrogens is 299 g/mol. The predicted octanol–water partition coefficient (Wildman–Crippen LogP) is 2.58. The van der Waals surface area contributed by atoms with Crippen LogP contribution in [0.1, 0.15) is 30.9 Å². The fourth-order valence-electron chi connectivity index (χ4n) is 2.65. The monoisotopic (exact) mass is 317 g/mol. The van der Waals surface area contributed by atoms with Crippen LogP contribution in [0, 0.1) is 5.92 Å². The largest absolute Gasteiger partial charge is 0.497 e. The SMILES string of the molecule is COc1ccc(C(NC(=O)C2CCCC2O)C(F)(F)F)cc1. The molecule has 4 nitrogen and oxygen atoms in total. The standard InChI is InChI=1S/C15H18F3NO3/c1-22-10-7-5-9(6-8-10)13(15(16,17)18)19-14(21)11-3-2-4-12(11)20/h5-8,11-13,20H,2-4H2,1H3,(H,19,21). The van der Waals surface area contributed by atoms with Crippen molar-refractivity contribution >= 4 is 5.91 Å². The molecule has 0 bridgehead atoms. The van der Waals surface area contributed by atoms with Gasteiger partial charge in [0.05, 0.1) is 19.1 Å². The Bertz CT molecular complexity index is 516. The highest BCUT2D eigenvalue weighted by atomic mass is 19.4. The van der Waals surface area contributed by atoms with Crippen LogP contribution >= 0.6 is 0 Å². The Balaban J connectivity index is 2.17. The van der Waals surface area contributed by atoms with E-state index in [1.54, 1.807) is 0 Å². The third kappa shape index (κ3) is 3.71. The first-order valence-electron chi connectivity index (χ1n) is 7.02. The maximum absolute atomic E-state index is 13.2. The topological polar surface area (TPSA) is 58.6 Å². The second kappa shape index (κ2) is 6.56. The van der Waals surface area contributed by atoms with E-state index in [4.69, 9.17) is 4.74 Å². The first kappa shape index (κ1) is 16.6. The van der Waals surface area contributed by atoms with Gasteiger partial charge in [0.1, 0.15) is 5.75 Å². The van der Waals surface area contributed by atoms with Crippen LogP contribution in [0.4, 0.5) is 13.2 Å². The van der Waals surface area contributed by atoms with Gasteiger partial charge in [0.25, 0.3) is 0 Å². The van der Waals surface area contributed by atoms with Crippen molar-refractivity contribution in [1.82, 2.24) is 5.32 Å². The minimum absolute atomic E-state index is 0.0749. The summed E-state index contributed by atoms with van der Waals surface area (Å²) in [4.78, 5) is 12.0. The molecule has 0 aliphatic heterocycles. The molecule has 22 heavy (non-hydrogen) atoms. The Morgan fingerprint density at radius 1 is 1.32 bits per heavy atom. The van der Waals surface area contributed by atoms with Crippen LogP contribution in [0.2, 0.25) is 0 Å². The molecule has 1 amide bonds. The minimum Gasteiger partial charge on any atom is -0.497 e. The van der Waals surface area contributed by atoms with Gasteiger partial charge in [-0.2, -0.15) is 13.2 Å². The fourth-order valence-corrected chi connectivity index (χ4v) is 2.65. The summed E-state index contributed by atoms with van der Waals surface area (Å²) >= 11 is 0. The lowest BCUT2D eigenvalue weighted by atomic mass is 10.0. The van der Waals surface area contributed by atoms with Crippen LogP contribution in [-0.4, -0.2) is 30.4 Å². The number of ether oxygens (including phenoxy) is 1. The number of carbonyl (C=O) groups excluding carboxylic acids is 1. The van der Waals surface area contributed by atoms with E-state index in [1.165, 1.54) is 31.4 Å². The fraction of sp³-hybridized carbons (Fsp3) is 0.533. The maximum atomic E-state index is 13.2. The lowest BCUT2D eigenvalue weighted by molar-refractivity contribution is -0.165. The van der Waals surface area contributed by atoms with Crippen molar-refractivity contribution in [2.45, 2.75) is 37.6 Å². The van der Waals surface area contributed by atoms with Crippen LogP contribution in [-0.2, 0) is 4.79 Å². The van der Waals surface area contributed by atoms with E-state index in [0.717, 1.165) is 0 Å². The molecule has 0 saturated heterocycles. The Labute approximate surface area is 126 Å². The van der Waals surface area contributed by atoms with Crippen LogP contribution in [0.25, 0.3) is 0 Å². The lowest BCUT2D eigenvalue weighted by Crippen LogP contribution is -2.42. The van der Waals surface area contributed by atoms with Crippen LogP contribution in [0.15, 0.2) is 24.3 Å². The molecule has 3 unspecified atom stereocenters. The zero-order valence-electron chi connectivity index (χ0n) is 12.1. The number of halogens is 3. The quantitative estimate of drug-likeness (QED) is 0.897. The first-order valence-corrected chi connectivity index (χ1v) is 7.02. The van der Waals surface area contributed by atoms with Crippen molar-refractivity contribution in [3.63, 3.8) is 0 Å². The Morgan fingerprint density at radius 3 is 2.41 bits per heavy atom. The van der Waals surface area contributed by atoms with E-state index in [2.05, 4.69) is 0 Å². The lowest BCUT2D eigenvalue weighted by Gasteiger charge is -2.24. The summed E-state index contributed by atoms with van der Waals surface area (Å²) in [5, 5.41) is 11.7. The Morgan fingerprint density at radius 2 is 1.95 bits per heavy atom. The second-order valence-electron chi connectivity index (χ2n) is 5.36. The van der Waals surface area contributed by atoms with E-state index in [0.29, 0.717) is 25.0 Å². The van der Waals surface area contributed by atoms with E-state index in [9.17, 15) is 23.1 Å².